The smallest absolute Gasteiger partial charge is 0.230 e. The summed E-state index contributed by atoms with van der Waals surface area (Å²) in [6, 6.07) is 2.47. The average molecular weight is 472 g/mol. The summed E-state index contributed by atoms with van der Waals surface area (Å²) in [5, 5.41) is 11.1. The Morgan fingerprint density at radius 1 is 1.35 bits per heavy atom. The fraction of sp³-hybridized carbons (Fsp3) is 0.667. The van der Waals surface area contributed by atoms with Crippen LogP contribution in [-0.4, -0.2) is 71.1 Å². The van der Waals surface area contributed by atoms with Crippen LogP contribution in [0.15, 0.2) is 17.8 Å². The largest absolute Gasteiger partial charge is 0.472 e. The number of hydrogen-bond acceptors (Lipinski definition) is 8. The Bertz CT molecular complexity index is 913. The summed E-state index contributed by atoms with van der Waals surface area (Å²) in [7, 11) is 2.01. The van der Waals surface area contributed by atoms with Crippen LogP contribution in [0.1, 0.15) is 58.8 Å². The summed E-state index contributed by atoms with van der Waals surface area (Å²) >= 11 is 0. The van der Waals surface area contributed by atoms with Gasteiger partial charge in [-0.15, -0.1) is 0 Å². The number of piperidine rings is 2. The standard InChI is InChI=1S/C24H37N7O3/c1-4-23(32)31-16-6-5-7-17(31)12-18(11-16)30(3)24-28-21(27-20(26)10-15(2)25)13-22(29-24)34-19-8-9-33-14-19/h10,13,16-19H,4-9,11-12,14,25H2,1-3H3,(H2,26,27,28,29)/b15-10-/t16-,17+,18-,19-/m1/s1. The van der Waals surface area contributed by atoms with E-state index >= 15 is 0 Å². The van der Waals surface area contributed by atoms with Crippen LogP contribution >= 0.6 is 0 Å². The van der Waals surface area contributed by atoms with Crippen molar-refractivity contribution in [3.05, 3.63) is 17.8 Å². The number of nitrogens with zero attached hydrogens (tertiary/aromatic N) is 4. The van der Waals surface area contributed by atoms with Crippen molar-refractivity contribution in [2.75, 3.05) is 30.5 Å². The van der Waals surface area contributed by atoms with Crippen LogP contribution in [0.2, 0.25) is 0 Å². The molecule has 10 nitrogen and oxygen atoms in total. The van der Waals surface area contributed by atoms with Crippen LogP contribution in [0, 0.1) is 5.41 Å². The van der Waals surface area contributed by atoms with Crippen molar-refractivity contribution < 1.29 is 14.3 Å². The lowest BCUT2D eigenvalue weighted by Crippen LogP contribution is -2.58. The molecule has 3 fully saturated rings. The highest BCUT2D eigenvalue weighted by Gasteiger charge is 2.41. The van der Waals surface area contributed by atoms with Crippen LogP contribution in [0.25, 0.3) is 0 Å². The Kier molecular flexibility index (Phi) is 7.55. The molecule has 186 valence electrons. The van der Waals surface area contributed by atoms with E-state index in [1.54, 1.807) is 19.1 Å². The Labute approximate surface area is 201 Å². The molecule has 0 unspecified atom stereocenters. The fourth-order valence-corrected chi connectivity index (χ4v) is 5.30. The summed E-state index contributed by atoms with van der Waals surface area (Å²) in [6.07, 6.45) is 7.93. The molecule has 0 radical (unpaired) electrons. The lowest BCUT2D eigenvalue weighted by molar-refractivity contribution is -0.140. The third-order valence-electron chi connectivity index (χ3n) is 6.90. The Balaban J connectivity index is 1.56. The van der Waals surface area contributed by atoms with Crippen molar-refractivity contribution in [3.8, 4) is 5.88 Å². The quantitative estimate of drug-likeness (QED) is 0.409. The van der Waals surface area contributed by atoms with Crippen molar-refractivity contribution in [1.82, 2.24) is 14.9 Å². The fourth-order valence-electron chi connectivity index (χ4n) is 5.30. The number of allylic oxidation sites excluding steroid dienone is 1. The van der Waals surface area contributed by atoms with Crippen LogP contribution in [0.5, 0.6) is 5.88 Å². The van der Waals surface area contributed by atoms with Crippen molar-refractivity contribution in [2.45, 2.75) is 83.0 Å². The third-order valence-corrected chi connectivity index (χ3v) is 6.90. The Morgan fingerprint density at radius 2 is 2.09 bits per heavy atom. The first-order valence-corrected chi connectivity index (χ1v) is 12.3. The predicted molar refractivity (Wildman–Crippen MR) is 131 cm³/mol. The summed E-state index contributed by atoms with van der Waals surface area (Å²) in [4.78, 5) is 26.2. The summed E-state index contributed by atoms with van der Waals surface area (Å²) in [5.41, 5.74) is 6.25. The molecule has 34 heavy (non-hydrogen) atoms. The maximum atomic E-state index is 12.6. The topological polar surface area (TPSA) is 130 Å². The van der Waals surface area contributed by atoms with Crippen molar-refractivity contribution in [3.63, 3.8) is 0 Å². The number of carbonyl (C=O) groups is 1. The number of fused-ring (bicyclic) bond motifs is 2. The maximum absolute atomic E-state index is 12.6. The van der Waals surface area contributed by atoms with E-state index in [-0.39, 0.29) is 36.0 Å². The van der Waals surface area contributed by atoms with Gasteiger partial charge in [-0.05, 0) is 45.1 Å². The van der Waals surface area contributed by atoms with E-state index in [9.17, 15) is 4.79 Å². The number of aromatic nitrogens is 2. The van der Waals surface area contributed by atoms with Gasteiger partial charge >= 0.3 is 0 Å². The van der Waals surface area contributed by atoms with Gasteiger partial charge in [0, 0.05) is 49.8 Å². The Hall–Kier alpha value is -2.88. The molecule has 4 rings (SSSR count). The molecule has 3 saturated heterocycles. The summed E-state index contributed by atoms with van der Waals surface area (Å²) in [5.74, 6) is 1.87. The highest BCUT2D eigenvalue weighted by atomic mass is 16.5. The zero-order chi connectivity index (χ0) is 24.2. The van der Waals surface area contributed by atoms with E-state index < -0.39 is 0 Å². The van der Waals surface area contributed by atoms with Crippen LogP contribution in [-0.2, 0) is 9.53 Å². The Morgan fingerprint density at radius 3 is 2.71 bits per heavy atom. The first kappa shape index (κ1) is 24.3. The minimum absolute atomic E-state index is 0.0470. The van der Waals surface area contributed by atoms with Gasteiger partial charge in [0.2, 0.25) is 17.7 Å². The summed E-state index contributed by atoms with van der Waals surface area (Å²) in [6.45, 7) is 4.89. The van der Waals surface area contributed by atoms with E-state index in [4.69, 9.17) is 30.6 Å². The molecule has 1 amide bonds. The molecule has 0 spiro atoms. The van der Waals surface area contributed by atoms with Crippen LogP contribution < -0.4 is 20.7 Å². The molecule has 4 heterocycles. The normalized spacial score (nSPS) is 26.8. The number of nitrogens with two attached hydrogens (primary N) is 1. The van der Waals surface area contributed by atoms with Gasteiger partial charge in [0.25, 0.3) is 0 Å². The molecule has 1 aromatic heterocycles. The predicted octanol–water partition coefficient (Wildman–Crippen LogP) is 2.65. The van der Waals surface area contributed by atoms with Crippen LogP contribution in [0.3, 0.4) is 0 Å². The number of hydrogen-bond donors (Lipinski definition) is 3. The SMILES string of the molecule is CCC(=O)N1[C@@H]2CCC[C@H]1C[C@H](N(C)c1nc(NC(=N)/C=C(/C)N)cc(O[C@@H]3CCOC3)n1)C2. The molecule has 4 atom stereocenters. The van der Waals surface area contributed by atoms with Gasteiger partial charge in [-0.3, -0.25) is 10.2 Å². The van der Waals surface area contributed by atoms with Gasteiger partial charge in [-0.2, -0.15) is 9.97 Å². The van der Waals surface area contributed by atoms with E-state index in [0.29, 0.717) is 43.0 Å². The highest BCUT2D eigenvalue weighted by molar-refractivity contribution is 6.01. The number of nitrogens with one attached hydrogen (secondary N) is 2. The lowest BCUT2D eigenvalue weighted by Gasteiger charge is -2.50. The molecular weight excluding hydrogens is 434 g/mol. The molecule has 3 aliphatic heterocycles. The van der Waals surface area contributed by atoms with E-state index in [0.717, 1.165) is 32.1 Å². The monoisotopic (exact) mass is 471 g/mol. The van der Waals surface area contributed by atoms with Crippen molar-refractivity contribution >= 4 is 23.5 Å². The second-order valence-electron chi connectivity index (χ2n) is 9.55. The van der Waals surface area contributed by atoms with Gasteiger partial charge in [-0.1, -0.05) is 6.92 Å². The molecule has 0 saturated carbocycles. The van der Waals surface area contributed by atoms with Gasteiger partial charge in [0.1, 0.15) is 17.8 Å². The lowest BCUT2D eigenvalue weighted by atomic mass is 9.81. The first-order valence-electron chi connectivity index (χ1n) is 12.3. The minimum atomic E-state index is -0.0470. The molecule has 3 aliphatic rings. The van der Waals surface area contributed by atoms with E-state index in [1.165, 1.54) is 6.42 Å². The molecule has 1 aromatic rings. The zero-order valence-electron chi connectivity index (χ0n) is 20.4. The molecule has 0 aliphatic carbocycles. The number of ether oxygens (including phenoxy) is 2. The van der Waals surface area contributed by atoms with Gasteiger partial charge in [-0.25, -0.2) is 0 Å². The van der Waals surface area contributed by atoms with E-state index in [2.05, 4.69) is 15.1 Å². The first-order chi connectivity index (χ1) is 16.3. The molecular formula is C24H37N7O3. The van der Waals surface area contributed by atoms with Crippen LogP contribution in [0.4, 0.5) is 11.8 Å². The maximum Gasteiger partial charge on any atom is 0.230 e. The van der Waals surface area contributed by atoms with Crippen molar-refractivity contribution in [2.24, 2.45) is 5.73 Å². The number of amides is 1. The van der Waals surface area contributed by atoms with Gasteiger partial charge in [0.15, 0.2) is 0 Å². The van der Waals surface area contributed by atoms with Gasteiger partial charge in [0.05, 0.1) is 13.2 Å². The molecule has 10 heteroatoms. The van der Waals surface area contributed by atoms with Crippen molar-refractivity contribution in [1.29, 1.82) is 5.41 Å². The molecule has 0 aromatic carbocycles. The number of carbonyl (C=O) groups excluding carboxylic acids is 1. The number of rotatable bonds is 7. The summed E-state index contributed by atoms with van der Waals surface area (Å²) < 4.78 is 11.5. The number of anilines is 2. The zero-order valence-corrected chi connectivity index (χ0v) is 20.4. The van der Waals surface area contributed by atoms with E-state index in [1.807, 2.05) is 14.0 Å². The second-order valence-corrected chi connectivity index (χ2v) is 9.55. The second kappa shape index (κ2) is 10.6. The minimum Gasteiger partial charge on any atom is -0.472 e. The average Bonchev–Trinajstić information content (AvgIpc) is 3.29. The highest BCUT2D eigenvalue weighted by Crippen LogP contribution is 2.37. The molecule has 4 N–H and O–H groups in total. The number of amidine groups is 1. The molecule has 2 bridgehead atoms. The third kappa shape index (κ3) is 5.60. The van der Waals surface area contributed by atoms with Gasteiger partial charge < -0.3 is 30.3 Å².